The molecule has 3 rings (SSSR count). The Morgan fingerprint density at radius 1 is 1.11 bits per heavy atom. The summed E-state index contributed by atoms with van der Waals surface area (Å²) in [6.45, 7) is 5.62. The second kappa shape index (κ2) is 12.5. The Morgan fingerprint density at radius 3 is 2.34 bits per heavy atom. The van der Waals surface area contributed by atoms with Crippen molar-refractivity contribution in [2.24, 2.45) is 16.1 Å². The highest BCUT2D eigenvalue weighted by molar-refractivity contribution is 7.82. The van der Waals surface area contributed by atoms with Crippen LogP contribution in [-0.2, 0) is 33.8 Å². The van der Waals surface area contributed by atoms with E-state index in [9.17, 15) is 23.4 Å². The van der Waals surface area contributed by atoms with Gasteiger partial charge in [0.2, 0.25) is 17.6 Å². The maximum atomic E-state index is 13.7. The Morgan fingerprint density at radius 2 is 1.76 bits per heavy atom. The largest absolute Gasteiger partial charge is 0.462 e. The third-order valence-corrected chi connectivity index (χ3v) is 8.27. The second-order valence-electron chi connectivity index (χ2n) is 11.9. The Hall–Kier alpha value is -2.63. The summed E-state index contributed by atoms with van der Waals surface area (Å²) in [5, 5.41) is 8.41. The van der Waals surface area contributed by atoms with Gasteiger partial charge in [0.05, 0.1) is 6.54 Å². The highest BCUT2D eigenvalue weighted by Gasteiger charge is 2.42. The predicted molar refractivity (Wildman–Crippen MR) is 148 cm³/mol. The van der Waals surface area contributed by atoms with Crippen molar-refractivity contribution >= 4 is 45.7 Å². The molecule has 1 aliphatic heterocycles. The van der Waals surface area contributed by atoms with Crippen molar-refractivity contribution < 1.29 is 23.4 Å². The zero-order valence-corrected chi connectivity index (χ0v) is 23.7. The van der Waals surface area contributed by atoms with Gasteiger partial charge >= 0.3 is 0 Å². The summed E-state index contributed by atoms with van der Waals surface area (Å²) in [5.74, 6) is 1.91. The lowest BCUT2D eigenvalue weighted by molar-refractivity contribution is -0.142. The van der Waals surface area contributed by atoms with Crippen LogP contribution in [0.2, 0.25) is 0 Å². The zero-order chi connectivity index (χ0) is 28.1. The van der Waals surface area contributed by atoms with Crippen LogP contribution in [0, 0.1) is 5.41 Å². The van der Waals surface area contributed by atoms with E-state index in [2.05, 4.69) is 26.8 Å². The molecule has 0 radical (unpaired) electrons. The lowest BCUT2D eigenvalue weighted by Gasteiger charge is -2.41. The molecule has 0 spiro atoms. The van der Waals surface area contributed by atoms with Gasteiger partial charge in [0.25, 0.3) is 5.91 Å². The summed E-state index contributed by atoms with van der Waals surface area (Å²) in [4.78, 5) is 56.7. The molecule has 38 heavy (non-hydrogen) atoms. The lowest BCUT2D eigenvalue weighted by Crippen LogP contribution is -2.57. The molecule has 11 nitrogen and oxygen atoms in total. The van der Waals surface area contributed by atoms with E-state index in [4.69, 9.17) is 5.73 Å². The van der Waals surface area contributed by atoms with E-state index in [0.29, 0.717) is 25.1 Å². The van der Waals surface area contributed by atoms with Gasteiger partial charge < -0.3 is 30.8 Å². The topological polar surface area (TPSA) is 163 Å². The van der Waals surface area contributed by atoms with Gasteiger partial charge in [0.15, 0.2) is 5.96 Å². The van der Waals surface area contributed by atoms with Crippen LogP contribution in [0.5, 0.6) is 0 Å². The number of nitrogens with one attached hydrogen (secondary N) is 3. The van der Waals surface area contributed by atoms with Crippen molar-refractivity contribution in [1.82, 2.24) is 20.9 Å². The molecule has 2 saturated carbocycles. The van der Waals surface area contributed by atoms with Crippen LogP contribution in [-0.4, -0.2) is 82.7 Å². The molecule has 12 heteroatoms. The number of aliphatic imine (C=N–C) groups is 1. The van der Waals surface area contributed by atoms with Crippen LogP contribution in [0.3, 0.4) is 0 Å². The number of hydrogen-bond donors (Lipinski definition) is 4. The van der Waals surface area contributed by atoms with Crippen LogP contribution in [0.1, 0.15) is 78.6 Å². The van der Waals surface area contributed by atoms with Crippen LogP contribution in [0.4, 0.5) is 0 Å². The molecule has 1 saturated heterocycles. The number of rotatable bonds is 10. The number of nitrogens with zero attached hydrogens (tertiary/aromatic N) is 2. The molecular weight excluding hydrogens is 508 g/mol. The van der Waals surface area contributed by atoms with Crippen molar-refractivity contribution in [1.29, 1.82) is 0 Å². The van der Waals surface area contributed by atoms with Crippen LogP contribution in [0.15, 0.2) is 4.99 Å². The first-order chi connectivity index (χ1) is 17.8. The fourth-order valence-electron chi connectivity index (χ4n) is 5.22. The van der Waals surface area contributed by atoms with Crippen LogP contribution < -0.4 is 21.7 Å². The highest BCUT2D eigenvalue weighted by atomic mass is 32.2. The molecule has 5 N–H and O–H groups in total. The minimum atomic E-state index is -1.27. The van der Waals surface area contributed by atoms with E-state index in [0.717, 1.165) is 44.9 Å². The summed E-state index contributed by atoms with van der Waals surface area (Å²) in [6.07, 6.45) is 7.45. The summed E-state index contributed by atoms with van der Waals surface area (Å²) in [6, 6.07) is -1.56. The summed E-state index contributed by atoms with van der Waals surface area (Å²) in [5.41, 5.74) is 5.26. The summed E-state index contributed by atoms with van der Waals surface area (Å²) >= 11 is 0. The molecule has 1 heterocycles. The number of carbonyl (C=O) groups is 4. The number of nitrogens with two attached hydrogens (primary N) is 1. The van der Waals surface area contributed by atoms with Gasteiger partial charge in [-0.15, -0.1) is 0 Å². The molecule has 2 unspecified atom stereocenters. The van der Waals surface area contributed by atoms with Crippen molar-refractivity contribution in [2.75, 3.05) is 18.8 Å². The van der Waals surface area contributed by atoms with E-state index >= 15 is 0 Å². The zero-order valence-electron chi connectivity index (χ0n) is 22.8. The molecule has 0 bridgehead atoms. The van der Waals surface area contributed by atoms with Crippen molar-refractivity contribution in [3.05, 3.63) is 0 Å². The Labute approximate surface area is 227 Å². The smallest absolute Gasteiger partial charge is 0.289 e. The number of Topliss-reactive ketones (excluding diaryl/α,β-unsaturated/α-hetero) is 1. The molecule has 214 valence electrons. The summed E-state index contributed by atoms with van der Waals surface area (Å²) in [7, 11) is -1.27. The minimum absolute atomic E-state index is 0.0516. The predicted octanol–water partition coefficient (Wildman–Crippen LogP) is 0.359. The van der Waals surface area contributed by atoms with Crippen LogP contribution >= 0.6 is 0 Å². The van der Waals surface area contributed by atoms with E-state index < -0.39 is 57.6 Å². The van der Waals surface area contributed by atoms with E-state index in [1.165, 1.54) is 4.90 Å². The van der Waals surface area contributed by atoms with Gasteiger partial charge in [-0.1, -0.05) is 45.8 Å². The second-order valence-corrected chi connectivity index (χ2v) is 13.1. The van der Waals surface area contributed by atoms with E-state index in [1.54, 1.807) is 0 Å². The Bertz CT molecular complexity index is 1020. The van der Waals surface area contributed by atoms with Crippen molar-refractivity contribution in [2.45, 2.75) is 102 Å². The van der Waals surface area contributed by atoms with Gasteiger partial charge in [-0.3, -0.25) is 29.6 Å². The quantitative estimate of drug-likeness (QED) is 0.100. The molecule has 2 atom stereocenters. The molecule has 0 aromatic rings. The molecule has 0 aromatic carbocycles. The molecule has 3 fully saturated rings. The molecule has 0 aromatic heterocycles. The van der Waals surface area contributed by atoms with Gasteiger partial charge in [0, 0.05) is 18.1 Å². The first-order valence-corrected chi connectivity index (χ1v) is 15.0. The van der Waals surface area contributed by atoms with Crippen molar-refractivity contribution in [3.63, 3.8) is 0 Å². The van der Waals surface area contributed by atoms with Gasteiger partial charge in [0.1, 0.15) is 12.1 Å². The lowest BCUT2D eigenvalue weighted by atomic mass is 9.83. The maximum absolute atomic E-state index is 13.7. The van der Waals surface area contributed by atoms with Gasteiger partial charge in [-0.05, 0) is 43.9 Å². The SMILES string of the molecule is C=[S-](=O)CC1(NC(N)=NC(C(=O)N2CCCC2C(=O)NCC(=O)C(=O)NC2CC2)C(C)(C)C)CCCCC1. The standard InChI is InChI=1S/C26H43N6O5S/c1-25(2,3)20(30-24(27)31-26(16-38(4)37)12-6-5-7-13-26)23(36)32-14-8-9-18(32)21(34)28-15-19(33)22(35)29-17-10-11-17/h17-18,20H,4-16H2,1-3H3,(H,28,34)(H,29,35)(H3,27,30,31)/q-1. The number of hydrogen-bond acceptors (Lipinski definition) is 7. The van der Waals surface area contributed by atoms with Gasteiger partial charge in [-0.25, -0.2) is 4.99 Å². The fraction of sp³-hybridized carbons (Fsp3) is 0.769. The number of carbonyl (C=O) groups excluding carboxylic acids is 4. The maximum Gasteiger partial charge on any atom is 0.289 e. The average Bonchev–Trinajstić information content (AvgIpc) is 3.50. The molecule has 3 aliphatic rings. The molecular formula is C26H43N6O5S-. The number of ketones is 1. The number of likely N-dealkylation sites (tertiary alicyclic amines) is 1. The summed E-state index contributed by atoms with van der Waals surface area (Å²) < 4.78 is 12.0. The van der Waals surface area contributed by atoms with Gasteiger partial charge in [-0.2, -0.15) is 5.87 Å². The average molecular weight is 552 g/mol. The first-order valence-electron chi connectivity index (χ1n) is 13.5. The normalized spacial score (nSPS) is 22.6. The molecule has 2 aliphatic carbocycles. The molecule has 3 amide bonds. The number of amides is 3. The van der Waals surface area contributed by atoms with Crippen LogP contribution in [0.25, 0.3) is 0 Å². The first kappa shape index (κ1) is 29.9. The highest BCUT2D eigenvalue weighted by Crippen LogP contribution is 2.30. The van der Waals surface area contributed by atoms with Crippen molar-refractivity contribution in [3.8, 4) is 0 Å². The number of guanidine groups is 1. The fourth-order valence-corrected chi connectivity index (χ4v) is 6.20. The Balaban J connectivity index is 1.69. The minimum Gasteiger partial charge on any atom is -0.462 e. The van der Waals surface area contributed by atoms with E-state index in [-0.39, 0.29) is 17.9 Å². The Kier molecular flexibility index (Phi) is 9.83. The third-order valence-electron chi connectivity index (χ3n) is 7.39. The third kappa shape index (κ3) is 8.18. The monoisotopic (exact) mass is 551 g/mol. The van der Waals surface area contributed by atoms with E-state index in [1.807, 2.05) is 20.8 Å².